The second-order valence-electron chi connectivity index (χ2n) is 4.45. The lowest BCUT2D eigenvalue weighted by molar-refractivity contribution is 0.472. The summed E-state index contributed by atoms with van der Waals surface area (Å²) in [6.45, 7) is 0. The molecule has 1 heterocycles. The summed E-state index contributed by atoms with van der Waals surface area (Å²) in [6.07, 6.45) is 8.98. The number of aromatic nitrogens is 1. The maximum absolute atomic E-state index is 5.93. The van der Waals surface area contributed by atoms with Crippen LogP contribution in [0.4, 0.5) is 11.5 Å². The molecule has 0 bridgehead atoms. The van der Waals surface area contributed by atoms with Gasteiger partial charge in [-0.25, -0.2) is 4.98 Å². The molecule has 0 saturated heterocycles. The van der Waals surface area contributed by atoms with Gasteiger partial charge in [-0.15, -0.1) is 0 Å². The first kappa shape index (κ1) is 13.0. The van der Waals surface area contributed by atoms with E-state index in [1.54, 1.807) is 6.20 Å². The molecular formula is C12H18BrN3S. The van der Waals surface area contributed by atoms with E-state index in [1.165, 1.54) is 25.7 Å². The van der Waals surface area contributed by atoms with Crippen molar-refractivity contribution in [1.82, 2.24) is 4.98 Å². The first-order chi connectivity index (χ1) is 8.19. The Morgan fingerprint density at radius 1 is 1.41 bits per heavy atom. The number of halogens is 1. The predicted molar refractivity (Wildman–Crippen MR) is 79.5 cm³/mol. The van der Waals surface area contributed by atoms with E-state index in [0.29, 0.717) is 11.7 Å². The fraction of sp³-hybridized carbons (Fsp3) is 0.583. The Morgan fingerprint density at radius 2 is 2.12 bits per heavy atom. The van der Waals surface area contributed by atoms with Crippen LogP contribution < -0.4 is 11.1 Å². The zero-order valence-corrected chi connectivity index (χ0v) is 12.4. The van der Waals surface area contributed by atoms with Crippen LogP contribution in [-0.4, -0.2) is 22.5 Å². The number of hydrogen-bond donors (Lipinski definition) is 2. The number of hydrogen-bond acceptors (Lipinski definition) is 4. The van der Waals surface area contributed by atoms with Gasteiger partial charge in [0.1, 0.15) is 5.82 Å². The summed E-state index contributed by atoms with van der Waals surface area (Å²) in [5.41, 5.74) is 6.65. The number of rotatable bonds is 3. The zero-order chi connectivity index (χ0) is 12.3. The minimum Gasteiger partial charge on any atom is -0.396 e. The molecular weight excluding hydrogens is 298 g/mol. The van der Waals surface area contributed by atoms with E-state index in [1.807, 2.05) is 17.8 Å². The highest BCUT2D eigenvalue weighted by Crippen LogP contribution is 2.29. The van der Waals surface area contributed by atoms with Gasteiger partial charge in [0.2, 0.25) is 0 Å². The fourth-order valence-corrected chi connectivity index (χ4v) is 3.30. The predicted octanol–water partition coefficient (Wildman–Crippen LogP) is 3.51. The Labute approximate surface area is 115 Å². The molecule has 0 aliphatic heterocycles. The molecule has 1 aromatic rings. The molecule has 0 spiro atoms. The summed E-state index contributed by atoms with van der Waals surface area (Å²) < 4.78 is 0.923. The van der Waals surface area contributed by atoms with Crippen molar-refractivity contribution >= 4 is 39.2 Å². The van der Waals surface area contributed by atoms with Crippen molar-refractivity contribution in [3.63, 3.8) is 0 Å². The third-order valence-electron chi connectivity index (χ3n) is 3.23. The van der Waals surface area contributed by atoms with Crippen LogP contribution in [0.5, 0.6) is 0 Å². The minimum atomic E-state index is 0.523. The number of nitrogens with one attached hydrogen (secondary N) is 1. The first-order valence-electron chi connectivity index (χ1n) is 5.89. The maximum Gasteiger partial charge on any atom is 0.149 e. The van der Waals surface area contributed by atoms with E-state index in [-0.39, 0.29) is 0 Å². The summed E-state index contributed by atoms with van der Waals surface area (Å²) in [6, 6.07) is 2.41. The number of pyridine rings is 1. The summed E-state index contributed by atoms with van der Waals surface area (Å²) in [4.78, 5) is 4.32. The van der Waals surface area contributed by atoms with Crippen LogP contribution in [0.2, 0.25) is 0 Å². The second-order valence-corrected chi connectivity index (χ2v) is 6.50. The highest BCUT2D eigenvalue weighted by Gasteiger charge is 2.20. The number of nitrogens with two attached hydrogens (primary N) is 1. The molecule has 1 fully saturated rings. The molecule has 3 N–H and O–H groups in total. The lowest BCUT2D eigenvalue weighted by Crippen LogP contribution is -2.27. The van der Waals surface area contributed by atoms with Gasteiger partial charge >= 0.3 is 0 Å². The highest BCUT2D eigenvalue weighted by molar-refractivity contribution is 9.10. The lowest BCUT2D eigenvalue weighted by Gasteiger charge is -2.28. The fourth-order valence-electron chi connectivity index (χ4n) is 2.21. The molecule has 1 aliphatic carbocycles. The number of thioether (sulfide) groups is 1. The minimum absolute atomic E-state index is 0.523. The molecule has 2 rings (SSSR count). The average Bonchev–Trinajstić information content (AvgIpc) is 2.34. The molecule has 3 nitrogen and oxygen atoms in total. The van der Waals surface area contributed by atoms with E-state index in [0.717, 1.165) is 15.5 Å². The van der Waals surface area contributed by atoms with Gasteiger partial charge in [-0.2, -0.15) is 11.8 Å². The SMILES string of the molecule is CSC1CCC(Nc2ncc(Br)cc2N)CC1. The molecule has 1 aromatic heterocycles. The molecule has 5 heteroatoms. The third kappa shape index (κ3) is 3.52. The maximum atomic E-state index is 5.93. The summed E-state index contributed by atoms with van der Waals surface area (Å²) >= 11 is 5.35. The van der Waals surface area contributed by atoms with Crippen molar-refractivity contribution in [2.75, 3.05) is 17.3 Å². The Hall–Kier alpha value is -0.420. The molecule has 94 valence electrons. The lowest BCUT2D eigenvalue weighted by atomic mass is 9.95. The smallest absolute Gasteiger partial charge is 0.149 e. The van der Waals surface area contributed by atoms with Gasteiger partial charge in [0.05, 0.1) is 5.69 Å². The molecule has 0 atom stereocenters. The van der Waals surface area contributed by atoms with E-state index in [9.17, 15) is 0 Å². The van der Waals surface area contributed by atoms with Gasteiger partial charge in [-0.3, -0.25) is 0 Å². The van der Waals surface area contributed by atoms with E-state index in [2.05, 4.69) is 32.5 Å². The Morgan fingerprint density at radius 3 is 2.71 bits per heavy atom. The van der Waals surface area contributed by atoms with Crippen LogP contribution in [0.15, 0.2) is 16.7 Å². The quantitative estimate of drug-likeness (QED) is 0.896. The third-order valence-corrected chi connectivity index (χ3v) is 4.80. The number of nitrogens with zero attached hydrogens (tertiary/aromatic N) is 1. The van der Waals surface area contributed by atoms with Gasteiger partial charge in [-0.1, -0.05) is 0 Å². The van der Waals surface area contributed by atoms with Crippen LogP contribution in [0.25, 0.3) is 0 Å². The van der Waals surface area contributed by atoms with Crippen molar-refractivity contribution in [3.05, 3.63) is 16.7 Å². The highest BCUT2D eigenvalue weighted by atomic mass is 79.9. The molecule has 1 saturated carbocycles. The van der Waals surface area contributed by atoms with Crippen molar-refractivity contribution in [3.8, 4) is 0 Å². The average molecular weight is 316 g/mol. The first-order valence-corrected chi connectivity index (χ1v) is 7.97. The largest absolute Gasteiger partial charge is 0.396 e. The number of nitrogen functional groups attached to an aromatic ring is 1. The molecule has 17 heavy (non-hydrogen) atoms. The van der Waals surface area contributed by atoms with Crippen molar-refractivity contribution in [1.29, 1.82) is 0 Å². The summed E-state index contributed by atoms with van der Waals surface area (Å²) in [5, 5.41) is 4.29. The van der Waals surface area contributed by atoms with Gasteiger partial charge < -0.3 is 11.1 Å². The molecule has 0 amide bonds. The summed E-state index contributed by atoms with van der Waals surface area (Å²) in [5.74, 6) is 0.820. The molecule has 1 aliphatic rings. The van der Waals surface area contributed by atoms with Crippen LogP contribution in [0, 0.1) is 0 Å². The Balaban J connectivity index is 1.93. The van der Waals surface area contributed by atoms with Gasteiger partial charge in [0.25, 0.3) is 0 Å². The second kappa shape index (κ2) is 5.96. The molecule has 0 aromatic carbocycles. The molecule has 0 radical (unpaired) electrons. The van der Waals surface area contributed by atoms with Crippen LogP contribution in [0.1, 0.15) is 25.7 Å². The van der Waals surface area contributed by atoms with Gasteiger partial charge in [0, 0.05) is 22.0 Å². The Bertz CT molecular complexity index is 378. The van der Waals surface area contributed by atoms with Crippen LogP contribution in [0.3, 0.4) is 0 Å². The summed E-state index contributed by atoms with van der Waals surface area (Å²) in [7, 11) is 0. The standard InChI is InChI=1S/C12H18BrN3S/c1-17-10-4-2-9(3-5-10)16-12-11(14)6-8(13)7-15-12/h6-7,9-10H,2-5,14H2,1H3,(H,15,16). The zero-order valence-electron chi connectivity index (χ0n) is 9.95. The van der Waals surface area contributed by atoms with Crippen molar-refractivity contribution in [2.24, 2.45) is 0 Å². The molecule has 0 unspecified atom stereocenters. The van der Waals surface area contributed by atoms with E-state index < -0.39 is 0 Å². The van der Waals surface area contributed by atoms with Crippen LogP contribution in [-0.2, 0) is 0 Å². The van der Waals surface area contributed by atoms with Crippen molar-refractivity contribution in [2.45, 2.75) is 37.0 Å². The monoisotopic (exact) mass is 315 g/mol. The van der Waals surface area contributed by atoms with Crippen LogP contribution >= 0.6 is 27.7 Å². The van der Waals surface area contributed by atoms with Gasteiger partial charge in [0.15, 0.2) is 0 Å². The Kier molecular flexibility index (Phi) is 4.56. The normalized spacial score (nSPS) is 24.6. The number of anilines is 2. The topological polar surface area (TPSA) is 50.9 Å². The van der Waals surface area contributed by atoms with Crippen molar-refractivity contribution < 1.29 is 0 Å². The van der Waals surface area contributed by atoms with Gasteiger partial charge in [-0.05, 0) is 53.9 Å². The van der Waals surface area contributed by atoms with E-state index in [4.69, 9.17) is 5.73 Å². The van der Waals surface area contributed by atoms with E-state index >= 15 is 0 Å².